The second-order valence-corrected chi connectivity index (χ2v) is 29.8. The van der Waals surface area contributed by atoms with Gasteiger partial charge in [-0.2, -0.15) is 0 Å². The number of carbonyl (C=O) groups is 3. The number of nitrogens with zero attached hydrogens (tertiary/aromatic N) is 1. The fourth-order valence-corrected chi connectivity index (χ4v) is 12.7. The van der Waals surface area contributed by atoms with E-state index in [1.54, 1.807) is 0 Å². The highest BCUT2D eigenvalue weighted by atomic mass is 16.7. The molecule has 0 aliphatic heterocycles. The Labute approximate surface area is 591 Å². The zero-order valence-electron chi connectivity index (χ0n) is 64.1. The molecule has 2 atom stereocenters. The molecule has 0 aliphatic rings. The van der Waals surface area contributed by atoms with Gasteiger partial charge in [0.1, 0.15) is 13.2 Å². The number of carbonyl (C=O) groups excluding carboxylic acids is 2. The number of carboxylic acids is 1. The van der Waals surface area contributed by atoms with Crippen molar-refractivity contribution in [1.82, 2.24) is 0 Å². The molecule has 2 unspecified atom stereocenters. The molecule has 0 aromatic heterocycles. The SMILES string of the molecule is CCCCCCC/C=C\C/C=C\CCCCCCCCCCCCCCCCCCCCCCCCCCCCCCCC(=O)OC(COC(=O)CCCCCCCCCCCCCCCCCCC/C=C\C/C=C\CCCCCCC)COC(OCC[N+](C)(C)C)C(=O)O. The van der Waals surface area contributed by atoms with Crippen LogP contribution < -0.4 is 0 Å². The van der Waals surface area contributed by atoms with Gasteiger partial charge in [-0.3, -0.25) is 9.59 Å². The highest BCUT2D eigenvalue weighted by Crippen LogP contribution is 2.20. The Morgan fingerprint density at radius 3 is 0.832 bits per heavy atom. The second kappa shape index (κ2) is 77.0. The van der Waals surface area contributed by atoms with Crippen molar-refractivity contribution in [2.24, 2.45) is 0 Å². The Morgan fingerprint density at radius 1 is 0.316 bits per heavy atom. The normalized spacial score (nSPS) is 12.8. The van der Waals surface area contributed by atoms with E-state index in [9.17, 15) is 19.5 Å². The maximum Gasteiger partial charge on any atom is 0.361 e. The zero-order chi connectivity index (χ0) is 69.0. The summed E-state index contributed by atoms with van der Waals surface area (Å²) < 4.78 is 23.1. The largest absolute Gasteiger partial charge is 0.477 e. The molecule has 95 heavy (non-hydrogen) atoms. The van der Waals surface area contributed by atoms with Crippen LogP contribution in [-0.4, -0.2) is 87.4 Å². The van der Waals surface area contributed by atoms with Crippen LogP contribution >= 0.6 is 0 Å². The van der Waals surface area contributed by atoms with E-state index in [1.807, 2.05) is 21.1 Å². The molecule has 0 saturated heterocycles. The van der Waals surface area contributed by atoms with Crippen molar-refractivity contribution in [2.75, 3.05) is 47.5 Å². The first-order valence-corrected chi connectivity index (χ1v) is 41.8. The van der Waals surface area contributed by atoms with E-state index in [0.29, 0.717) is 17.4 Å². The molecule has 9 nitrogen and oxygen atoms in total. The van der Waals surface area contributed by atoms with E-state index in [4.69, 9.17) is 18.9 Å². The lowest BCUT2D eigenvalue weighted by molar-refractivity contribution is -0.870. The number of allylic oxidation sites excluding steroid dienone is 8. The van der Waals surface area contributed by atoms with Gasteiger partial charge in [-0.1, -0.05) is 383 Å². The van der Waals surface area contributed by atoms with Crippen molar-refractivity contribution >= 4 is 17.9 Å². The number of carboxylic acid groups (broad SMARTS) is 1. The van der Waals surface area contributed by atoms with Crippen LogP contribution in [-0.2, 0) is 33.3 Å². The number of hydrogen-bond acceptors (Lipinski definition) is 7. The van der Waals surface area contributed by atoms with Gasteiger partial charge in [0.15, 0.2) is 6.10 Å². The summed E-state index contributed by atoms with van der Waals surface area (Å²) >= 11 is 0. The number of hydrogen-bond donors (Lipinski definition) is 1. The smallest absolute Gasteiger partial charge is 0.361 e. The number of unbranched alkanes of at least 4 members (excludes halogenated alkanes) is 56. The lowest BCUT2D eigenvalue weighted by Gasteiger charge is -2.25. The molecule has 0 aliphatic carbocycles. The Kier molecular flexibility index (Phi) is 74.8. The van der Waals surface area contributed by atoms with E-state index in [1.165, 1.54) is 347 Å². The van der Waals surface area contributed by atoms with Gasteiger partial charge in [-0.15, -0.1) is 0 Å². The zero-order valence-corrected chi connectivity index (χ0v) is 64.1. The molecule has 9 heteroatoms. The minimum Gasteiger partial charge on any atom is -0.477 e. The number of likely N-dealkylation sites (N-methyl/N-ethyl adjacent to an activating group) is 1. The van der Waals surface area contributed by atoms with E-state index in [2.05, 4.69) is 62.5 Å². The van der Waals surface area contributed by atoms with Crippen LogP contribution in [0.4, 0.5) is 0 Å². The summed E-state index contributed by atoms with van der Waals surface area (Å²) in [5, 5.41) is 9.78. The summed E-state index contributed by atoms with van der Waals surface area (Å²) in [6, 6.07) is 0. The van der Waals surface area contributed by atoms with Crippen molar-refractivity contribution in [3.05, 3.63) is 48.6 Å². The Bertz CT molecular complexity index is 1700. The Hall–Kier alpha value is -2.75. The molecule has 0 heterocycles. The van der Waals surface area contributed by atoms with Crippen LogP contribution in [0.15, 0.2) is 48.6 Å². The summed E-state index contributed by atoms with van der Waals surface area (Å²) in [5.74, 6) is -1.97. The maximum absolute atomic E-state index is 13.0. The predicted molar refractivity (Wildman–Crippen MR) is 410 cm³/mol. The van der Waals surface area contributed by atoms with Gasteiger partial charge in [0.05, 0.1) is 34.4 Å². The number of aliphatic carboxylic acids is 1. The molecule has 0 amide bonds. The number of esters is 2. The van der Waals surface area contributed by atoms with E-state index >= 15 is 0 Å². The molecular formula is C86H162NO8+. The van der Waals surface area contributed by atoms with Gasteiger partial charge in [-0.05, 0) is 77.0 Å². The molecule has 1 N–H and O–H groups in total. The average molecular weight is 1340 g/mol. The third-order valence-electron chi connectivity index (χ3n) is 19.1. The van der Waals surface area contributed by atoms with E-state index in [-0.39, 0.29) is 38.2 Å². The number of rotatable bonds is 79. The van der Waals surface area contributed by atoms with Crippen LogP contribution in [0.5, 0.6) is 0 Å². The van der Waals surface area contributed by atoms with E-state index in [0.717, 1.165) is 51.4 Å². The summed E-state index contributed by atoms with van der Waals surface area (Å²) in [6.07, 6.45) is 98.6. The fraction of sp³-hybridized carbons (Fsp3) is 0.872. The van der Waals surface area contributed by atoms with Crippen LogP contribution in [0.2, 0.25) is 0 Å². The van der Waals surface area contributed by atoms with Crippen molar-refractivity contribution in [3.63, 3.8) is 0 Å². The number of quaternary nitrogens is 1. The molecule has 0 saturated carbocycles. The van der Waals surface area contributed by atoms with Crippen LogP contribution in [0.1, 0.15) is 425 Å². The monoisotopic (exact) mass is 1340 g/mol. The van der Waals surface area contributed by atoms with E-state index < -0.39 is 18.4 Å². The lowest BCUT2D eigenvalue weighted by Crippen LogP contribution is -2.40. The summed E-state index contributed by atoms with van der Waals surface area (Å²) in [6.45, 7) is 4.93. The topological polar surface area (TPSA) is 108 Å². The first-order chi connectivity index (χ1) is 46.6. The molecule has 0 rings (SSSR count). The fourth-order valence-electron chi connectivity index (χ4n) is 12.7. The van der Waals surface area contributed by atoms with Gasteiger partial charge in [0.25, 0.3) is 6.29 Å². The predicted octanol–water partition coefficient (Wildman–Crippen LogP) is 26.8. The molecule has 0 radical (unpaired) electrons. The van der Waals surface area contributed by atoms with Crippen LogP contribution in [0.3, 0.4) is 0 Å². The summed E-state index contributed by atoms with van der Waals surface area (Å²) in [7, 11) is 6.00. The quantitative estimate of drug-likeness (QED) is 0.0211. The highest BCUT2D eigenvalue weighted by molar-refractivity contribution is 5.71. The molecule has 0 aromatic rings. The maximum atomic E-state index is 13.0. The summed E-state index contributed by atoms with van der Waals surface area (Å²) in [5.41, 5.74) is 0. The first kappa shape index (κ1) is 92.2. The minimum absolute atomic E-state index is 0.176. The molecule has 0 aromatic carbocycles. The standard InChI is InChI=1S/C86H161NO8/c1-6-8-10-12-14-16-18-20-22-24-26-28-30-32-34-36-37-38-39-40-41-42-43-44-45-46-47-49-51-53-55-57-59-61-63-65-67-69-71-73-75-77-84(89)95-82(81-94-86(85(90)91)92-79-78-87(3,4)5)80-93-83(88)76-74-72-70-68-66-64-62-60-58-56-54-52-50-48-35-33-31-29-27-25-23-21-19-17-15-13-11-9-7-2/h18-21,24-27,82,86H,6-17,22-23,28-81H2,1-5H3/p+1/b20-18-,21-19-,26-24-,27-25-. The Morgan fingerprint density at radius 2 is 0.568 bits per heavy atom. The summed E-state index contributed by atoms with van der Waals surface area (Å²) in [4.78, 5) is 37.8. The van der Waals surface area contributed by atoms with Crippen molar-refractivity contribution < 1.29 is 42.9 Å². The highest BCUT2D eigenvalue weighted by Gasteiger charge is 2.25. The lowest BCUT2D eigenvalue weighted by atomic mass is 10.0. The third-order valence-corrected chi connectivity index (χ3v) is 19.1. The van der Waals surface area contributed by atoms with Gasteiger partial charge in [-0.25, -0.2) is 4.79 Å². The van der Waals surface area contributed by atoms with Crippen molar-refractivity contribution in [3.8, 4) is 0 Å². The van der Waals surface area contributed by atoms with Crippen molar-refractivity contribution in [2.45, 2.75) is 437 Å². The second-order valence-electron chi connectivity index (χ2n) is 29.8. The van der Waals surface area contributed by atoms with Gasteiger partial charge >= 0.3 is 17.9 Å². The van der Waals surface area contributed by atoms with Gasteiger partial charge in [0, 0.05) is 12.8 Å². The minimum atomic E-state index is -1.51. The molecule has 0 fully saturated rings. The number of ether oxygens (including phenoxy) is 4. The molecule has 0 spiro atoms. The van der Waals surface area contributed by atoms with Crippen LogP contribution in [0, 0.1) is 0 Å². The molecule has 0 bridgehead atoms. The Balaban J connectivity index is 3.92. The van der Waals surface area contributed by atoms with Crippen molar-refractivity contribution in [1.29, 1.82) is 0 Å². The molecule has 558 valence electrons. The van der Waals surface area contributed by atoms with Gasteiger partial charge in [0.2, 0.25) is 0 Å². The third kappa shape index (κ3) is 78.5. The first-order valence-electron chi connectivity index (χ1n) is 41.8. The molecular weight excluding hydrogens is 1170 g/mol. The van der Waals surface area contributed by atoms with Gasteiger partial charge < -0.3 is 28.5 Å². The average Bonchev–Trinajstić information content (AvgIpc) is 3.54. The van der Waals surface area contributed by atoms with Crippen LogP contribution in [0.25, 0.3) is 0 Å².